The van der Waals surface area contributed by atoms with E-state index >= 15 is 0 Å². The van der Waals surface area contributed by atoms with Crippen LogP contribution in [0.15, 0.2) is 42.6 Å². The zero-order valence-electron chi connectivity index (χ0n) is 16.2. The summed E-state index contributed by atoms with van der Waals surface area (Å²) < 4.78 is 29.1. The zero-order chi connectivity index (χ0) is 20.3. The summed E-state index contributed by atoms with van der Waals surface area (Å²) >= 11 is 0. The number of pyridine rings is 1. The molecule has 0 fully saturated rings. The van der Waals surface area contributed by atoms with E-state index in [2.05, 4.69) is 10.3 Å². The molecule has 2 aromatic heterocycles. The van der Waals surface area contributed by atoms with Gasteiger partial charge in [0.2, 0.25) is 0 Å². The van der Waals surface area contributed by atoms with E-state index in [1.807, 2.05) is 39.0 Å². The summed E-state index contributed by atoms with van der Waals surface area (Å²) in [4.78, 5) is 17.1. The predicted molar refractivity (Wildman–Crippen MR) is 104 cm³/mol. The van der Waals surface area contributed by atoms with Crippen molar-refractivity contribution in [2.45, 2.75) is 33.7 Å². The third-order valence-corrected chi connectivity index (χ3v) is 5.09. The summed E-state index contributed by atoms with van der Waals surface area (Å²) in [5.41, 5.74) is 4.46. The number of carbonyl (C=O) groups is 1. The quantitative estimate of drug-likeness (QED) is 0.696. The number of benzene rings is 1. The Balaban J connectivity index is 1.81. The Hall–Kier alpha value is -3.02. The van der Waals surface area contributed by atoms with Crippen LogP contribution in [-0.2, 0) is 13.0 Å². The number of amides is 1. The zero-order valence-corrected chi connectivity index (χ0v) is 16.2. The number of rotatable bonds is 6. The van der Waals surface area contributed by atoms with Gasteiger partial charge in [-0.1, -0.05) is 12.1 Å². The number of hydrogen-bond acceptors (Lipinski definition) is 2. The van der Waals surface area contributed by atoms with Gasteiger partial charge in [0.15, 0.2) is 0 Å². The minimum absolute atomic E-state index is 0.162. The standard InChI is InChI=1S/C22H23F2N3O/c1-14-15(2)21(22(28)26-11-9-19-6-4-5-10-25-19)27(16(14)3)13-17-7-8-18(23)12-20(17)24/h4-8,10,12H,9,11,13H2,1-3H3,(H,26,28). The van der Waals surface area contributed by atoms with Crippen LogP contribution in [0, 0.1) is 32.4 Å². The maximum absolute atomic E-state index is 14.1. The summed E-state index contributed by atoms with van der Waals surface area (Å²) in [6.45, 7) is 6.33. The van der Waals surface area contributed by atoms with E-state index in [-0.39, 0.29) is 12.5 Å². The maximum Gasteiger partial charge on any atom is 0.268 e. The largest absolute Gasteiger partial charge is 0.350 e. The van der Waals surface area contributed by atoms with Gasteiger partial charge in [0.05, 0.1) is 6.54 Å². The van der Waals surface area contributed by atoms with Crippen molar-refractivity contribution in [3.05, 3.63) is 88.0 Å². The summed E-state index contributed by atoms with van der Waals surface area (Å²) in [7, 11) is 0. The molecule has 0 atom stereocenters. The van der Waals surface area contributed by atoms with Crippen LogP contribution < -0.4 is 5.32 Å². The lowest BCUT2D eigenvalue weighted by molar-refractivity contribution is 0.0944. The molecule has 0 radical (unpaired) electrons. The lowest BCUT2D eigenvalue weighted by Gasteiger charge is -2.13. The van der Waals surface area contributed by atoms with E-state index in [9.17, 15) is 13.6 Å². The fourth-order valence-electron chi connectivity index (χ4n) is 3.27. The minimum atomic E-state index is -0.620. The van der Waals surface area contributed by atoms with Gasteiger partial charge in [0.25, 0.3) is 5.91 Å². The van der Waals surface area contributed by atoms with Crippen LogP contribution in [0.5, 0.6) is 0 Å². The molecule has 1 amide bonds. The van der Waals surface area contributed by atoms with Crippen LogP contribution in [0.1, 0.15) is 38.6 Å². The smallest absolute Gasteiger partial charge is 0.268 e. The molecule has 3 rings (SSSR count). The molecule has 146 valence electrons. The van der Waals surface area contributed by atoms with Crippen LogP contribution in [0.2, 0.25) is 0 Å². The van der Waals surface area contributed by atoms with E-state index in [0.29, 0.717) is 24.2 Å². The first-order valence-corrected chi connectivity index (χ1v) is 9.16. The molecular weight excluding hydrogens is 360 g/mol. The summed E-state index contributed by atoms with van der Waals surface area (Å²) in [5.74, 6) is -1.46. The molecule has 3 aromatic rings. The van der Waals surface area contributed by atoms with Gasteiger partial charge < -0.3 is 9.88 Å². The van der Waals surface area contributed by atoms with Crippen LogP contribution in [-0.4, -0.2) is 22.0 Å². The molecule has 0 bridgehead atoms. The van der Waals surface area contributed by atoms with E-state index < -0.39 is 11.6 Å². The fourth-order valence-corrected chi connectivity index (χ4v) is 3.27. The highest BCUT2D eigenvalue weighted by atomic mass is 19.1. The number of carbonyl (C=O) groups excluding carboxylic acids is 1. The average Bonchev–Trinajstić information content (AvgIpc) is 2.88. The molecule has 6 heteroatoms. The van der Waals surface area contributed by atoms with E-state index in [4.69, 9.17) is 0 Å². The van der Waals surface area contributed by atoms with Crippen molar-refractivity contribution in [2.75, 3.05) is 6.54 Å². The van der Waals surface area contributed by atoms with Crippen LogP contribution >= 0.6 is 0 Å². The molecule has 0 unspecified atom stereocenters. The molecule has 2 heterocycles. The third-order valence-electron chi connectivity index (χ3n) is 5.09. The first kappa shape index (κ1) is 19.7. The Labute approximate surface area is 163 Å². The van der Waals surface area contributed by atoms with Gasteiger partial charge in [-0.25, -0.2) is 8.78 Å². The Morgan fingerprint density at radius 3 is 2.57 bits per heavy atom. The van der Waals surface area contributed by atoms with Gasteiger partial charge in [-0.15, -0.1) is 0 Å². The van der Waals surface area contributed by atoms with Crippen molar-refractivity contribution in [3.8, 4) is 0 Å². The average molecular weight is 383 g/mol. The summed E-state index contributed by atoms with van der Waals surface area (Å²) in [6, 6.07) is 9.16. The molecule has 0 saturated heterocycles. The summed E-state index contributed by atoms with van der Waals surface area (Å²) in [5, 5.41) is 2.93. The van der Waals surface area contributed by atoms with Crippen molar-refractivity contribution >= 4 is 5.91 Å². The van der Waals surface area contributed by atoms with Crippen LogP contribution in [0.25, 0.3) is 0 Å². The van der Waals surface area contributed by atoms with Crippen LogP contribution in [0.3, 0.4) is 0 Å². The first-order valence-electron chi connectivity index (χ1n) is 9.16. The lowest BCUT2D eigenvalue weighted by Crippen LogP contribution is -2.29. The van der Waals surface area contributed by atoms with Gasteiger partial charge in [-0.3, -0.25) is 9.78 Å². The molecule has 0 saturated carbocycles. The van der Waals surface area contributed by atoms with E-state index in [1.54, 1.807) is 10.8 Å². The third kappa shape index (κ3) is 4.11. The topological polar surface area (TPSA) is 46.9 Å². The molecule has 0 spiro atoms. The molecule has 0 aliphatic carbocycles. The molecular formula is C22H23F2N3O. The van der Waals surface area contributed by atoms with Gasteiger partial charge in [-0.2, -0.15) is 0 Å². The number of aromatic nitrogens is 2. The van der Waals surface area contributed by atoms with Gasteiger partial charge in [-0.05, 0) is 50.1 Å². The first-order chi connectivity index (χ1) is 13.4. The second kappa shape index (κ2) is 8.33. The highest BCUT2D eigenvalue weighted by Crippen LogP contribution is 2.23. The molecule has 0 aliphatic heterocycles. The van der Waals surface area contributed by atoms with E-state index in [0.717, 1.165) is 28.6 Å². The van der Waals surface area contributed by atoms with Crippen LogP contribution in [0.4, 0.5) is 8.78 Å². The van der Waals surface area contributed by atoms with Crippen molar-refractivity contribution in [1.82, 2.24) is 14.9 Å². The maximum atomic E-state index is 14.1. The number of hydrogen-bond donors (Lipinski definition) is 1. The highest BCUT2D eigenvalue weighted by molar-refractivity contribution is 5.95. The Morgan fingerprint density at radius 2 is 1.89 bits per heavy atom. The molecule has 1 aromatic carbocycles. The SMILES string of the molecule is Cc1c(C)c(C(=O)NCCc2ccccn2)n(Cc2ccc(F)cc2F)c1C. The Kier molecular flexibility index (Phi) is 5.87. The molecule has 0 aliphatic rings. The normalized spacial score (nSPS) is 10.9. The minimum Gasteiger partial charge on any atom is -0.350 e. The summed E-state index contributed by atoms with van der Waals surface area (Å²) in [6.07, 6.45) is 2.34. The Bertz CT molecular complexity index is 997. The van der Waals surface area contributed by atoms with Crippen molar-refractivity contribution in [1.29, 1.82) is 0 Å². The predicted octanol–water partition coefficient (Wildman–Crippen LogP) is 4.11. The molecule has 28 heavy (non-hydrogen) atoms. The highest BCUT2D eigenvalue weighted by Gasteiger charge is 2.21. The van der Waals surface area contributed by atoms with Gasteiger partial charge in [0, 0.05) is 42.2 Å². The van der Waals surface area contributed by atoms with E-state index in [1.165, 1.54) is 12.1 Å². The second-order valence-corrected chi connectivity index (χ2v) is 6.83. The number of halogens is 2. The van der Waals surface area contributed by atoms with Gasteiger partial charge in [0.1, 0.15) is 17.3 Å². The number of nitrogens with zero attached hydrogens (tertiary/aromatic N) is 2. The van der Waals surface area contributed by atoms with Gasteiger partial charge >= 0.3 is 0 Å². The monoisotopic (exact) mass is 383 g/mol. The second-order valence-electron chi connectivity index (χ2n) is 6.83. The number of nitrogens with one attached hydrogen (secondary N) is 1. The fraction of sp³-hybridized carbons (Fsp3) is 0.273. The molecule has 1 N–H and O–H groups in total. The van der Waals surface area contributed by atoms with Crippen molar-refractivity contribution in [2.24, 2.45) is 0 Å². The molecule has 4 nitrogen and oxygen atoms in total. The van der Waals surface area contributed by atoms with Crippen molar-refractivity contribution in [3.63, 3.8) is 0 Å². The lowest BCUT2D eigenvalue weighted by atomic mass is 10.1. The Morgan fingerprint density at radius 1 is 1.11 bits per heavy atom. The van der Waals surface area contributed by atoms with Crippen molar-refractivity contribution < 1.29 is 13.6 Å².